The van der Waals surface area contributed by atoms with Crippen LogP contribution in [-0.4, -0.2) is 36.0 Å². The molecule has 1 aromatic heterocycles. The van der Waals surface area contributed by atoms with Gasteiger partial charge in [-0.2, -0.15) is 0 Å². The van der Waals surface area contributed by atoms with E-state index in [0.29, 0.717) is 22.1 Å². The summed E-state index contributed by atoms with van der Waals surface area (Å²) in [7, 11) is 0. The molecule has 0 aliphatic carbocycles. The fourth-order valence-electron chi connectivity index (χ4n) is 2.37. The van der Waals surface area contributed by atoms with E-state index < -0.39 is 24.5 Å². The lowest BCUT2D eigenvalue weighted by Gasteiger charge is -2.06. The van der Waals surface area contributed by atoms with Crippen LogP contribution in [0.1, 0.15) is 47.6 Å². The Kier molecular flexibility index (Phi) is 8.13. The number of esters is 1. The van der Waals surface area contributed by atoms with Crippen LogP contribution in [0.4, 0.5) is 4.79 Å². The van der Waals surface area contributed by atoms with Crippen molar-refractivity contribution in [3.05, 3.63) is 40.4 Å². The summed E-state index contributed by atoms with van der Waals surface area (Å²) < 4.78 is 5.02. The number of nitrogens with one attached hydrogen (secondary N) is 2. The van der Waals surface area contributed by atoms with Gasteiger partial charge in [-0.15, -0.1) is 11.3 Å². The molecule has 2 aromatic rings. The number of aryl methyl sites for hydroxylation is 2. The van der Waals surface area contributed by atoms with E-state index in [1.165, 1.54) is 16.9 Å². The summed E-state index contributed by atoms with van der Waals surface area (Å²) in [6.07, 6.45) is 2.71. The maximum Gasteiger partial charge on any atom is 0.350 e. The molecule has 0 atom stereocenters. The largest absolute Gasteiger partial charge is 0.451 e. The van der Waals surface area contributed by atoms with Crippen LogP contribution in [0, 0.1) is 6.92 Å². The molecule has 2 N–H and O–H groups in total. The molecule has 8 heteroatoms. The third kappa shape index (κ3) is 6.16. The second-order valence-corrected chi connectivity index (χ2v) is 7.22. The van der Waals surface area contributed by atoms with E-state index in [-0.39, 0.29) is 0 Å². The zero-order valence-electron chi connectivity index (χ0n) is 16.3. The van der Waals surface area contributed by atoms with Gasteiger partial charge in [-0.1, -0.05) is 44.5 Å². The van der Waals surface area contributed by atoms with E-state index in [1.54, 1.807) is 6.92 Å². The highest BCUT2D eigenvalue weighted by molar-refractivity contribution is 7.17. The molecule has 2 rings (SSSR count). The van der Waals surface area contributed by atoms with Crippen LogP contribution >= 0.6 is 11.3 Å². The fraction of sp³-hybridized carbons (Fsp3) is 0.400. The average Bonchev–Trinajstić information content (AvgIpc) is 3.08. The summed E-state index contributed by atoms with van der Waals surface area (Å²) in [5.41, 5.74) is 2.69. The zero-order valence-corrected chi connectivity index (χ0v) is 17.1. The van der Waals surface area contributed by atoms with Gasteiger partial charge < -0.3 is 10.1 Å². The molecule has 0 bridgehead atoms. The van der Waals surface area contributed by atoms with Crippen molar-refractivity contribution < 1.29 is 19.1 Å². The number of imide groups is 1. The first-order valence-electron chi connectivity index (χ1n) is 9.26. The van der Waals surface area contributed by atoms with Gasteiger partial charge in [0.15, 0.2) is 6.61 Å². The minimum Gasteiger partial charge on any atom is -0.451 e. The van der Waals surface area contributed by atoms with E-state index in [9.17, 15) is 14.4 Å². The first-order chi connectivity index (χ1) is 13.4. The van der Waals surface area contributed by atoms with Crippen LogP contribution in [-0.2, 0) is 16.0 Å². The lowest BCUT2D eigenvalue weighted by molar-refractivity contribution is -0.123. The number of amides is 3. The molecule has 1 heterocycles. The summed E-state index contributed by atoms with van der Waals surface area (Å²) in [5, 5.41) is 5.39. The number of benzene rings is 1. The highest BCUT2D eigenvalue weighted by Gasteiger charge is 2.19. The monoisotopic (exact) mass is 403 g/mol. The Morgan fingerprint density at radius 1 is 1.14 bits per heavy atom. The van der Waals surface area contributed by atoms with Crippen LogP contribution < -0.4 is 10.6 Å². The molecular weight excluding hydrogens is 378 g/mol. The number of carbonyl (C=O) groups excluding carboxylic acids is 3. The van der Waals surface area contributed by atoms with Crippen molar-refractivity contribution in [2.24, 2.45) is 0 Å². The SMILES string of the molecule is CCCCNC(=O)NC(=O)COC(=O)c1sc(-c2ccc(CC)cc2)nc1C. The van der Waals surface area contributed by atoms with Gasteiger partial charge in [-0.3, -0.25) is 10.1 Å². The minimum atomic E-state index is -0.681. The Morgan fingerprint density at radius 2 is 1.86 bits per heavy atom. The van der Waals surface area contributed by atoms with E-state index in [0.717, 1.165) is 24.8 Å². The van der Waals surface area contributed by atoms with Gasteiger partial charge in [0.05, 0.1) is 5.69 Å². The van der Waals surface area contributed by atoms with Gasteiger partial charge in [-0.05, 0) is 25.3 Å². The average molecular weight is 404 g/mol. The molecule has 0 saturated heterocycles. The summed E-state index contributed by atoms with van der Waals surface area (Å²) >= 11 is 1.22. The Balaban J connectivity index is 1.91. The van der Waals surface area contributed by atoms with E-state index in [1.807, 2.05) is 31.2 Å². The standard InChI is InChI=1S/C20H25N3O4S/c1-4-6-11-21-20(26)23-16(24)12-27-19(25)17-13(3)22-18(28-17)15-9-7-14(5-2)8-10-15/h7-10H,4-6,11-12H2,1-3H3,(H2,21,23,24,26). The molecule has 3 amide bonds. The second kappa shape index (κ2) is 10.6. The lowest BCUT2D eigenvalue weighted by atomic mass is 10.1. The third-order valence-corrected chi connectivity index (χ3v) is 5.18. The number of carbonyl (C=O) groups is 3. The van der Waals surface area contributed by atoms with Crippen molar-refractivity contribution >= 4 is 29.2 Å². The minimum absolute atomic E-state index is 0.342. The van der Waals surface area contributed by atoms with Gasteiger partial charge in [0, 0.05) is 12.1 Å². The summed E-state index contributed by atoms with van der Waals surface area (Å²) in [4.78, 5) is 40.3. The normalized spacial score (nSPS) is 10.4. The van der Waals surface area contributed by atoms with Crippen molar-refractivity contribution in [1.82, 2.24) is 15.6 Å². The smallest absolute Gasteiger partial charge is 0.350 e. The molecule has 0 aliphatic rings. The number of unbranched alkanes of at least 4 members (excludes halogenated alkanes) is 1. The van der Waals surface area contributed by atoms with Gasteiger partial charge >= 0.3 is 12.0 Å². The Hall–Kier alpha value is -2.74. The summed E-state index contributed by atoms with van der Waals surface area (Å²) in [5.74, 6) is -1.31. The van der Waals surface area contributed by atoms with Crippen molar-refractivity contribution in [2.45, 2.75) is 40.0 Å². The molecular formula is C20H25N3O4S. The first-order valence-corrected chi connectivity index (χ1v) is 10.1. The summed E-state index contributed by atoms with van der Waals surface area (Å²) in [6.45, 7) is 5.76. The lowest BCUT2D eigenvalue weighted by Crippen LogP contribution is -2.41. The third-order valence-electron chi connectivity index (χ3n) is 3.99. The Morgan fingerprint density at radius 3 is 2.50 bits per heavy atom. The van der Waals surface area contributed by atoms with Crippen molar-refractivity contribution in [2.75, 3.05) is 13.2 Å². The van der Waals surface area contributed by atoms with E-state index in [4.69, 9.17) is 4.74 Å². The first kappa shape index (κ1) is 21.6. The van der Waals surface area contributed by atoms with Crippen LogP contribution in [0.15, 0.2) is 24.3 Å². The van der Waals surface area contributed by atoms with Crippen molar-refractivity contribution in [3.63, 3.8) is 0 Å². The Labute approximate surface area is 168 Å². The molecule has 150 valence electrons. The van der Waals surface area contributed by atoms with Crippen LogP contribution in [0.3, 0.4) is 0 Å². The molecule has 0 unspecified atom stereocenters. The van der Waals surface area contributed by atoms with Gasteiger partial charge in [-0.25, -0.2) is 14.6 Å². The highest BCUT2D eigenvalue weighted by Crippen LogP contribution is 2.28. The number of rotatable bonds is 8. The maximum atomic E-state index is 12.3. The number of nitrogens with zero attached hydrogens (tertiary/aromatic N) is 1. The van der Waals surface area contributed by atoms with Crippen LogP contribution in [0.2, 0.25) is 0 Å². The highest BCUT2D eigenvalue weighted by atomic mass is 32.1. The number of ether oxygens (including phenoxy) is 1. The molecule has 28 heavy (non-hydrogen) atoms. The number of urea groups is 1. The quantitative estimate of drug-likeness (QED) is 0.520. The predicted molar refractivity (Wildman–Crippen MR) is 108 cm³/mol. The molecule has 0 aliphatic heterocycles. The molecule has 0 spiro atoms. The topological polar surface area (TPSA) is 97.4 Å². The summed E-state index contributed by atoms with van der Waals surface area (Å²) in [6, 6.07) is 7.40. The number of aromatic nitrogens is 1. The fourth-order valence-corrected chi connectivity index (χ4v) is 3.34. The van der Waals surface area contributed by atoms with Gasteiger partial charge in [0.1, 0.15) is 9.88 Å². The van der Waals surface area contributed by atoms with Crippen LogP contribution in [0.25, 0.3) is 10.6 Å². The van der Waals surface area contributed by atoms with Gasteiger partial charge in [0.25, 0.3) is 5.91 Å². The van der Waals surface area contributed by atoms with E-state index in [2.05, 4.69) is 22.5 Å². The molecule has 7 nitrogen and oxygen atoms in total. The molecule has 1 aromatic carbocycles. The zero-order chi connectivity index (χ0) is 20.5. The molecule has 0 fully saturated rings. The molecule has 0 radical (unpaired) electrons. The van der Waals surface area contributed by atoms with Gasteiger partial charge in [0.2, 0.25) is 0 Å². The molecule has 0 saturated carbocycles. The second-order valence-electron chi connectivity index (χ2n) is 6.22. The van der Waals surface area contributed by atoms with Crippen molar-refractivity contribution in [3.8, 4) is 10.6 Å². The number of hydrogen-bond acceptors (Lipinski definition) is 6. The number of thiazole rings is 1. The maximum absolute atomic E-state index is 12.3. The predicted octanol–water partition coefficient (Wildman–Crippen LogP) is 3.46. The van der Waals surface area contributed by atoms with Crippen molar-refractivity contribution in [1.29, 1.82) is 0 Å². The Bertz CT molecular complexity index is 830. The van der Waals surface area contributed by atoms with Crippen LogP contribution in [0.5, 0.6) is 0 Å². The number of hydrogen-bond donors (Lipinski definition) is 2. The van der Waals surface area contributed by atoms with E-state index >= 15 is 0 Å².